The van der Waals surface area contributed by atoms with Crippen molar-refractivity contribution in [2.24, 2.45) is 0 Å². The molecule has 28 heavy (non-hydrogen) atoms. The Morgan fingerprint density at radius 2 is 1.89 bits per heavy atom. The van der Waals surface area contributed by atoms with Crippen LogP contribution >= 0.6 is 0 Å². The first kappa shape index (κ1) is 19.8. The molecule has 146 valence electrons. The van der Waals surface area contributed by atoms with Crippen molar-refractivity contribution in [1.29, 1.82) is 0 Å². The van der Waals surface area contributed by atoms with E-state index in [1.54, 1.807) is 12.2 Å². The Labute approximate surface area is 166 Å². The Morgan fingerprint density at radius 3 is 2.54 bits per heavy atom. The Balaban J connectivity index is 1.67. The van der Waals surface area contributed by atoms with Crippen LogP contribution in [0.5, 0.6) is 0 Å². The highest BCUT2D eigenvalue weighted by atomic mass is 16.5. The molecule has 1 aliphatic heterocycles. The van der Waals surface area contributed by atoms with Gasteiger partial charge in [0.05, 0.1) is 6.10 Å². The first-order valence-electron chi connectivity index (χ1n) is 9.60. The molecule has 1 saturated heterocycles. The Hall–Kier alpha value is -2.92. The van der Waals surface area contributed by atoms with Gasteiger partial charge in [0.2, 0.25) is 11.8 Å². The number of anilines is 1. The van der Waals surface area contributed by atoms with E-state index in [0.717, 1.165) is 36.3 Å². The second-order valence-corrected chi connectivity index (χ2v) is 6.98. The normalized spacial score (nSPS) is 16.2. The molecule has 2 aromatic carbocycles. The molecule has 0 bridgehead atoms. The third-order valence-electron chi connectivity index (χ3n) is 4.63. The number of benzene rings is 2. The van der Waals surface area contributed by atoms with Crippen LogP contribution in [0, 0.1) is 0 Å². The molecule has 5 heteroatoms. The number of rotatable bonds is 7. The van der Waals surface area contributed by atoms with Crippen LogP contribution in [0.1, 0.15) is 30.9 Å². The fourth-order valence-corrected chi connectivity index (χ4v) is 3.22. The van der Waals surface area contributed by atoms with Crippen LogP contribution in [-0.4, -0.2) is 36.0 Å². The molecule has 3 rings (SSSR count). The van der Waals surface area contributed by atoms with Gasteiger partial charge in [-0.3, -0.25) is 9.59 Å². The van der Waals surface area contributed by atoms with Crippen LogP contribution in [-0.2, 0) is 20.9 Å². The van der Waals surface area contributed by atoms with Crippen molar-refractivity contribution in [3.63, 3.8) is 0 Å². The zero-order valence-corrected chi connectivity index (χ0v) is 16.1. The van der Waals surface area contributed by atoms with E-state index < -0.39 is 0 Å². The number of amides is 2. The number of nitrogens with zero attached hydrogens (tertiary/aromatic N) is 1. The average molecular weight is 378 g/mol. The smallest absolute Gasteiger partial charge is 0.246 e. The van der Waals surface area contributed by atoms with Gasteiger partial charge in [-0.25, -0.2) is 0 Å². The summed E-state index contributed by atoms with van der Waals surface area (Å²) in [5.41, 5.74) is 2.74. The van der Waals surface area contributed by atoms with Crippen molar-refractivity contribution >= 4 is 23.6 Å². The zero-order chi connectivity index (χ0) is 19.8. The zero-order valence-electron chi connectivity index (χ0n) is 16.1. The van der Waals surface area contributed by atoms with E-state index in [9.17, 15) is 9.59 Å². The highest BCUT2D eigenvalue weighted by molar-refractivity contribution is 5.92. The van der Waals surface area contributed by atoms with Gasteiger partial charge < -0.3 is 15.0 Å². The van der Waals surface area contributed by atoms with Gasteiger partial charge in [-0.2, -0.15) is 0 Å². The molecular formula is C23H26N2O3. The second-order valence-electron chi connectivity index (χ2n) is 6.98. The lowest BCUT2D eigenvalue weighted by atomic mass is 10.1. The fraction of sp³-hybridized carbons (Fsp3) is 0.304. The summed E-state index contributed by atoms with van der Waals surface area (Å²) in [7, 11) is 0. The lowest BCUT2D eigenvalue weighted by Crippen LogP contribution is -2.35. The van der Waals surface area contributed by atoms with Gasteiger partial charge in [-0.1, -0.05) is 42.5 Å². The summed E-state index contributed by atoms with van der Waals surface area (Å²) in [4.78, 5) is 25.8. The first-order chi connectivity index (χ1) is 13.6. The van der Waals surface area contributed by atoms with Crippen LogP contribution in [0.25, 0.3) is 6.08 Å². The summed E-state index contributed by atoms with van der Waals surface area (Å²) in [5.74, 6) is -0.144. The maximum atomic E-state index is 12.8. The number of hydrogen-bond acceptors (Lipinski definition) is 3. The molecule has 1 fully saturated rings. The SMILES string of the molecule is CC(=O)Nc1ccc(/C=C/C(=O)N(Cc2ccccc2)CC2CCCO2)cc1. The standard InChI is InChI=1S/C23H26N2O3/c1-18(26)24-21-12-9-19(10-13-21)11-14-23(27)25(17-22-8-5-15-28-22)16-20-6-3-2-4-7-20/h2-4,6-7,9-14,22H,5,8,15-17H2,1H3,(H,24,26)/b14-11+. The van der Waals surface area contributed by atoms with Gasteiger partial charge >= 0.3 is 0 Å². The van der Waals surface area contributed by atoms with Gasteiger partial charge in [0.15, 0.2) is 0 Å². The lowest BCUT2D eigenvalue weighted by molar-refractivity contribution is -0.128. The largest absolute Gasteiger partial charge is 0.376 e. The van der Waals surface area contributed by atoms with Gasteiger partial charge in [0.25, 0.3) is 0 Å². The molecule has 1 unspecified atom stereocenters. The highest BCUT2D eigenvalue weighted by Gasteiger charge is 2.21. The van der Waals surface area contributed by atoms with E-state index >= 15 is 0 Å². The topological polar surface area (TPSA) is 58.6 Å². The summed E-state index contributed by atoms with van der Waals surface area (Å²) in [5, 5.41) is 2.73. The maximum absolute atomic E-state index is 12.8. The number of carbonyl (C=O) groups excluding carboxylic acids is 2. The number of ether oxygens (including phenoxy) is 1. The van der Waals surface area contributed by atoms with Crippen molar-refractivity contribution in [1.82, 2.24) is 4.90 Å². The molecule has 0 saturated carbocycles. The van der Waals surface area contributed by atoms with Gasteiger partial charge in [-0.05, 0) is 42.2 Å². The third kappa shape index (κ3) is 6.06. The van der Waals surface area contributed by atoms with E-state index in [2.05, 4.69) is 5.32 Å². The van der Waals surface area contributed by atoms with Gasteiger partial charge in [0, 0.05) is 38.4 Å². The van der Waals surface area contributed by atoms with Crippen molar-refractivity contribution < 1.29 is 14.3 Å². The van der Waals surface area contributed by atoms with E-state index in [1.165, 1.54) is 6.92 Å². The van der Waals surface area contributed by atoms with Crippen molar-refractivity contribution in [3.8, 4) is 0 Å². The average Bonchev–Trinajstić information content (AvgIpc) is 3.20. The first-order valence-corrected chi connectivity index (χ1v) is 9.60. The predicted molar refractivity (Wildman–Crippen MR) is 111 cm³/mol. The predicted octanol–water partition coefficient (Wildman–Crippen LogP) is 3.87. The Kier molecular flexibility index (Phi) is 6.98. The van der Waals surface area contributed by atoms with Crippen molar-refractivity contribution in [2.45, 2.75) is 32.4 Å². The number of carbonyl (C=O) groups is 2. The molecule has 2 amide bonds. The molecule has 0 aliphatic carbocycles. The van der Waals surface area contributed by atoms with Crippen LogP contribution < -0.4 is 5.32 Å². The third-order valence-corrected chi connectivity index (χ3v) is 4.63. The molecule has 1 heterocycles. The molecule has 5 nitrogen and oxygen atoms in total. The Bertz CT molecular complexity index is 810. The van der Waals surface area contributed by atoms with E-state index in [0.29, 0.717) is 13.1 Å². The molecule has 0 radical (unpaired) electrons. The minimum absolute atomic E-state index is 0.0368. The fourth-order valence-electron chi connectivity index (χ4n) is 3.22. The van der Waals surface area contributed by atoms with E-state index in [-0.39, 0.29) is 17.9 Å². The molecule has 1 atom stereocenters. The monoisotopic (exact) mass is 378 g/mol. The summed E-state index contributed by atoms with van der Waals surface area (Å²) in [6, 6.07) is 17.4. The molecule has 1 N–H and O–H groups in total. The van der Waals surface area contributed by atoms with Crippen molar-refractivity contribution in [2.75, 3.05) is 18.5 Å². The van der Waals surface area contributed by atoms with Gasteiger partial charge in [-0.15, -0.1) is 0 Å². The highest BCUT2D eigenvalue weighted by Crippen LogP contribution is 2.16. The lowest BCUT2D eigenvalue weighted by Gasteiger charge is -2.24. The van der Waals surface area contributed by atoms with Crippen LogP contribution in [0.3, 0.4) is 0 Å². The Morgan fingerprint density at radius 1 is 1.14 bits per heavy atom. The molecular weight excluding hydrogens is 352 g/mol. The van der Waals surface area contributed by atoms with Crippen LogP contribution in [0.15, 0.2) is 60.7 Å². The van der Waals surface area contributed by atoms with E-state index in [4.69, 9.17) is 4.74 Å². The molecule has 0 aromatic heterocycles. The molecule has 1 aliphatic rings. The number of hydrogen-bond donors (Lipinski definition) is 1. The van der Waals surface area contributed by atoms with Crippen LogP contribution in [0.4, 0.5) is 5.69 Å². The van der Waals surface area contributed by atoms with Crippen LogP contribution in [0.2, 0.25) is 0 Å². The summed E-state index contributed by atoms with van der Waals surface area (Å²) >= 11 is 0. The quantitative estimate of drug-likeness (QED) is 0.744. The minimum Gasteiger partial charge on any atom is -0.376 e. The van der Waals surface area contributed by atoms with Gasteiger partial charge in [0.1, 0.15) is 0 Å². The summed E-state index contributed by atoms with van der Waals surface area (Å²) < 4.78 is 5.73. The van der Waals surface area contributed by atoms with Crippen molar-refractivity contribution in [3.05, 3.63) is 71.8 Å². The number of nitrogens with one attached hydrogen (secondary N) is 1. The minimum atomic E-state index is -0.107. The molecule has 0 spiro atoms. The van der Waals surface area contributed by atoms with E-state index in [1.807, 2.05) is 59.5 Å². The molecule has 2 aromatic rings. The summed E-state index contributed by atoms with van der Waals surface area (Å²) in [6.45, 7) is 3.40. The maximum Gasteiger partial charge on any atom is 0.246 e. The second kappa shape index (κ2) is 9.85. The summed E-state index contributed by atoms with van der Waals surface area (Å²) in [6.07, 6.45) is 5.55.